The van der Waals surface area contributed by atoms with E-state index in [0.29, 0.717) is 63.8 Å². The zero-order valence-corrected chi connectivity index (χ0v) is 34.0. The molecule has 4 aliphatic rings. The molecule has 9 rings (SSSR count). The predicted molar refractivity (Wildman–Crippen MR) is 226 cm³/mol. The molecular weight excluding hydrogens is 798 g/mol. The number of ether oxygens (including phenoxy) is 1. The summed E-state index contributed by atoms with van der Waals surface area (Å²) in [7, 11) is 0. The lowest BCUT2D eigenvalue weighted by Gasteiger charge is -2.35. The molecule has 0 saturated carbocycles. The highest BCUT2D eigenvalue weighted by atomic mass is 19.1. The number of aromatic nitrogens is 4. The van der Waals surface area contributed by atoms with Crippen LogP contribution in [-0.2, 0) is 19.1 Å². The molecule has 18 heteroatoms. The maximum Gasteiger partial charge on any atom is 0.262 e. The topological polar surface area (TPSA) is 187 Å². The van der Waals surface area contributed by atoms with Crippen molar-refractivity contribution in [1.29, 1.82) is 0 Å². The van der Waals surface area contributed by atoms with E-state index >= 15 is 0 Å². The number of anilines is 3. The van der Waals surface area contributed by atoms with Gasteiger partial charge in [-0.1, -0.05) is 18.2 Å². The van der Waals surface area contributed by atoms with Crippen molar-refractivity contribution in [3.63, 3.8) is 0 Å². The summed E-state index contributed by atoms with van der Waals surface area (Å²) in [6, 6.07) is 20.5. The highest BCUT2D eigenvalue weighted by Crippen LogP contribution is 2.36. The van der Waals surface area contributed by atoms with Crippen molar-refractivity contribution in [2.24, 2.45) is 0 Å². The second kappa shape index (κ2) is 17.7. The number of nitrogens with zero attached hydrogens (tertiary/aromatic N) is 8. The lowest BCUT2D eigenvalue weighted by Crippen LogP contribution is -2.54. The summed E-state index contributed by atoms with van der Waals surface area (Å²) >= 11 is 0. The molecule has 7 heterocycles. The van der Waals surface area contributed by atoms with Gasteiger partial charge in [0.25, 0.3) is 11.8 Å². The third-order valence-corrected chi connectivity index (χ3v) is 11.8. The number of carbonyl (C=O) groups is 5. The minimum atomic E-state index is -1.01. The number of hydrogen-bond acceptors (Lipinski definition) is 13. The molecule has 5 aromatic rings. The molecule has 0 bridgehead atoms. The van der Waals surface area contributed by atoms with E-state index < -0.39 is 29.7 Å². The van der Waals surface area contributed by atoms with Gasteiger partial charge < -0.3 is 25.2 Å². The van der Waals surface area contributed by atoms with Crippen LogP contribution in [0.4, 0.5) is 21.7 Å². The Labute approximate surface area is 356 Å². The Morgan fingerprint density at radius 3 is 2.50 bits per heavy atom. The van der Waals surface area contributed by atoms with Crippen LogP contribution in [0.2, 0.25) is 0 Å². The zero-order valence-electron chi connectivity index (χ0n) is 34.0. The van der Waals surface area contributed by atoms with Crippen LogP contribution in [0.15, 0.2) is 79.0 Å². The minimum absolute atomic E-state index is 0.0449. The Bertz CT molecular complexity index is 2540. The molecule has 3 saturated heterocycles. The average Bonchev–Trinajstić information content (AvgIpc) is 4.00. The van der Waals surface area contributed by atoms with E-state index in [1.165, 1.54) is 6.07 Å². The van der Waals surface area contributed by atoms with Crippen LogP contribution in [0, 0.1) is 5.82 Å². The van der Waals surface area contributed by atoms with Gasteiger partial charge in [0.15, 0.2) is 5.65 Å². The largest absolute Gasteiger partial charge is 0.383 e. The Balaban J connectivity index is 0.703. The van der Waals surface area contributed by atoms with Crippen molar-refractivity contribution in [3.8, 4) is 11.4 Å². The maximum absolute atomic E-state index is 14.1. The predicted octanol–water partition coefficient (Wildman–Crippen LogP) is 3.04. The number of piperidine rings is 1. The molecule has 3 aromatic heterocycles. The van der Waals surface area contributed by atoms with Gasteiger partial charge in [0.1, 0.15) is 29.2 Å². The summed E-state index contributed by atoms with van der Waals surface area (Å²) in [5.74, 6) is -0.870. The van der Waals surface area contributed by atoms with Crippen LogP contribution in [0.1, 0.15) is 58.0 Å². The van der Waals surface area contributed by atoms with Gasteiger partial charge in [0, 0.05) is 57.9 Å². The molecule has 1 unspecified atom stereocenters. The molecule has 3 fully saturated rings. The van der Waals surface area contributed by atoms with E-state index in [-0.39, 0.29) is 48.3 Å². The minimum Gasteiger partial charge on any atom is -0.383 e. The SMILES string of the molecule is O=C(CN1CCN(c2cccc(-c3cnc4ccc(N5CCC[C@@H]5c5cccc(F)c5)nn34)n2)CC1)NCCOCCNc1ccc2c(c1)C(=O)N(C1CCC(=O)NC1=O)C2=O. The van der Waals surface area contributed by atoms with Crippen LogP contribution < -0.4 is 25.8 Å². The Hall–Kier alpha value is -6.79. The number of nitrogens with one attached hydrogen (secondary N) is 3. The summed E-state index contributed by atoms with van der Waals surface area (Å²) in [4.78, 5) is 79.7. The molecule has 2 atom stereocenters. The number of imide groups is 2. The fourth-order valence-electron chi connectivity index (χ4n) is 8.64. The van der Waals surface area contributed by atoms with E-state index in [4.69, 9.17) is 14.8 Å². The first kappa shape index (κ1) is 40.6. The molecule has 2 aromatic carbocycles. The number of imidazole rings is 1. The maximum atomic E-state index is 14.1. The number of halogens is 1. The fourth-order valence-corrected chi connectivity index (χ4v) is 8.64. The Morgan fingerprint density at radius 2 is 1.66 bits per heavy atom. The standard InChI is InChI=1S/C44H46FN11O6/c45-29-5-1-4-28(24-29)34-7-3-17-54(34)39-13-12-37-48-26-36(56(37)51-39)33-6-2-8-38(49-33)53-20-18-52(19-21-53)27-41(58)47-16-23-62-22-15-46-30-9-10-31-32(25-30)44(61)55(43(31)60)35-11-14-40(57)50-42(35)59/h1-2,4-6,8-10,12-13,24-26,34-35,46H,3,7,11,14-23,27H2,(H,47,58)(H,50,57,59)/t34-,35?/m1/s1. The van der Waals surface area contributed by atoms with Crippen molar-refractivity contribution >= 4 is 52.5 Å². The van der Waals surface area contributed by atoms with Crippen LogP contribution in [0.5, 0.6) is 0 Å². The van der Waals surface area contributed by atoms with Crippen LogP contribution >= 0.6 is 0 Å². The summed E-state index contributed by atoms with van der Waals surface area (Å²) < 4.78 is 21.6. The third kappa shape index (κ3) is 8.42. The van der Waals surface area contributed by atoms with E-state index in [1.54, 1.807) is 36.5 Å². The lowest BCUT2D eigenvalue weighted by atomic mass is 10.0. The number of carbonyl (C=O) groups excluding carboxylic acids is 5. The second-order valence-corrected chi connectivity index (χ2v) is 15.8. The van der Waals surface area contributed by atoms with E-state index in [0.717, 1.165) is 52.9 Å². The first-order chi connectivity index (χ1) is 30.2. The third-order valence-electron chi connectivity index (χ3n) is 11.8. The molecule has 0 spiro atoms. The molecule has 17 nitrogen and oxygen atoms in total. The van der Waals surface area contributed by atoms with Gasteiger partial charge in [-0.2, -0.15) is 0 Å². The van der Waals surface area contributed by atoms with E-state index in [2.05, 4.69) is 35.6 Å². The number of fused-ring (bicyclic) bond motifs is 2. The van der Waals surface area contributed by atoms with Gasteiger partial charge in [-0.25, -0.2) is 18.9 Å². The van der Waals surface area contributed by atoms with Gasteiger partial charge >= 0.3 is 0 Å². The van der Waals surface area contributed by atoms with Gasteiger partial charge in [-0.3, -0.25) is 39.1 Å². The van der Waals surface area contributed by atoms with Crippen LogP contribution in [0.3, 0.4) is 0 Å². The van der Waals surface area contributed by atoms with Crippen molar-refractivity contribution < 1.29 is 33.1 Å². The van der Waals surface area contributed by atoms with Gasteiger partial charge in [0.05, 0.1) is 48.8 Å². The van der Waals surface area contributed by atoms with Gasteiger partial charge in [0.2, 0.25) is 17.7 Å². The van der Waals surface area contributed by atoms with Gasteiger partial charge in [-0.05, 0) is 79.4 Å². The molecule has 0 radical (unpaired) electrons. The smallest absolute Gasteiger partial charge is 0.262 e. The first-order valence-electron chi connectivity index (χ1n) is 21.0. The Morgan fingerprint density at radius 1 is 0.839 bits per heavy atom. The number of pyridine rings is 1. The summed E-state index contributed by atoms with van der Waals surface area (Å²) in [5, 5.41) is 13.3. The highest BCUT2D eigenvalue weighted by molar-refractivity contribution is 6.23. The van der Waals surface area contributed by atoms with Crippen molar-refractivity contribution in [2.45, 2.75) is 37.8 Å². The number of amides is 5. The average molecular weight is 844 g/mol. The number of hydrogen-bond donors (Lipinski definition) is 3. The summed E-state index contributed by atoms with van der Waals surface area (Å²) in [6.07, 6.45) is 3.86. The molecular formula is C44H46FN11O6. The van der Waals surface area contributed by atoms with Crippen molar-refractivity contribution in [2.75, 3.05) is 80.7 Å². The number of rotatable bonds is 14. The normalized spacial score (nSPS) is 19.3. The highest BCUT2D eigenvalue weighted by Gasteiger charge is 2.44. The van der Waals surface area contributed by atoms with Crippen LogP contribution in [-0.4, -0.2) is 131 Å². The molecule has 320 valence electrons. The lowest BCUT2D eigenvalue weighted by molar-refractivity contribution is -0.136. The van der Waals surface area contributed by atoms with Gasteiger partial charge in [-0.15, -0.1) is 5.10 Å². The fraction of sp³-hybridized carbons (Fsp3) is 0.364. The summed E-state index contributed by atoms with van der Waals surface area (Å²) in [5.41, 5.74) is 4.21. The van der Waals surface area contributed by atoms with Crippen molar-refractivity contribution in [1.82, 2.24) is 40.0 Å². The summed E-state index contributed by atoms with van der Waals surface area (Å²) in [6.45, 7) is 5.34. The number of piperazine rings is 1. The van der Waals surface area contributed by atoms with Crippen molar-refractivity contribution in [3.05, 3.63) is 102 Å². The van der Waals surface area contributed by atoms with E-state index in [9.17, 15) is 28.4 Å². The monoisotopic (exact) mass is 843 g/mol. The molecule has 5 amide bonds. The quantitative estimate of drug-likeness (QED) is 0.110. The zero-order chi connectivity index (χ0) is 42.7. The van der Waals surface area contributed by atoms with E-state index in [1.807, 2.05) is 40.9 Å². The molecule has 4 aliphatic heterocycles. The molecule has 3 N–H and O–H groups in total. The molecule has 62 heavy (non-hydrogen) atoms. The second-order valence-electron chi connectivity index (χ2n) is 15.8. The Kier molecular flexibility index (Phi) is 11.6. The first-order valence-corrected chi connectivity index (χ1v) is 21.0. The molecule has 0 aliphatic carbocycles. The number of benzene rings is 2. The van der Waals surface area contributed by atoms with Crippen LogP contribution in [0.25, 0.3) is 17.0 Å².